The lowest BCUT2D eigenvalue weighted by atomic mass is 10.0. The maximum absolute atomic E-state index is 5.71. The first-order valence-corrected chi connectivity index (χ1v) is 9.24. The van der Waals surface area contributed by atoms with Crippen LogP contribution in [0.5, 0.6) is 0 Å². The number of aromatic nitrogens is 4. The zero-order valence-corrected chi connectivity index (χ0v) is 13.8. The fourth-order valence-corrected chi connectivity index (χ4v) is 3.86. The molecule has 1 aliphatic rings. The molecule has 120 valence electrons. The standard InChI is InChI=1S/C17H20N4OS/c1-2-6-12(5-1)9-10-15-19-17(21-20-15)23-11-16-18-13-7-3-4-8-14(13)22-16/h3-4,7-8,12H,1-2,5-6,9-11H2,(H,19,20,21). The summed E-state index contributed by atoms with van der Waals surface area (Å²) in [7, 11) is 0. The fraction of sp³-hybridized carbons (Fsp3) is 0.471. The number of thioether (sulfide) groups is 1. The number of hydrogen-bond acceptors (Lipinski definition) is 5. The van der Waals surface area contributed by atoms with Gasteiger partial charge in [-0.2, -0.15) is 0 Å². The molecule has 1 fully saturated rings. The number of aryl methyl sites for hydroxylation is 1. The Labute approximate surface area is 139 Å². The molecule has 0 unspecified atom stereocenters. The Kier molecular flexibility index (Phi) is 4.33. The number of fused-ring (bicyclic) bond motifs is 1. The van der Waals surface area contributed by atoms with Crippen LogP contribution in [0, 0.1) is 5.92 Å². The van der Waals surface area contributed by atoms with Crippen molar-refractivity contribution in [3.63, 3.8) is 0 Å². The van der Waals surface area contributed by atoms with E-state index in [-0.39, 0.29) is 0 Å². The number of oxazole rings is 1. The highest BCUT2D eigenvalue weighted by Gasteiger charge is 2.16. The van der Waals surface area contributed by atoms with Crippen molar-refractivity contribution in [2.24, 2.45) is 5.92 Å². The molecule has 23 heavy (non-hydrogen) atoms. The summed E-state index contributed by atoms with van der Waals surface area (Å²) in [5.74, 6) is 3.25. The Balaban J connectivity index is 1.32. The van der Waals surface area contributed by atoms with E-state index >= 15 is 0 Å². The van der Waals surface area contributed by atoms with Gasteiger partial charge in [0.2, 0.25) is 11.0 Å². The topological polar surface area (TPSA) is 67.6 Å². The van der Waals surface area contributed by atoms with Gasteiger partial charge in [-0.1, -0.05) is 49.6 Å². The van der Waals surface area contributed by atoms with E-state index in [2.05, 4.69) is 20.2 Å². The lowest BCUT2D eigenvalue weighted by Crippen LogP contribution is -1.97. The van der Waals surface area contributed by atoms with Gasteiger partial charge in [0.1, 0.15) is 11.3 Å². The van der Waals surface area contributed by atoms with E-state index in [9.17, 15) is 0 Å². The van der Waals surface area contributed by atoms with Crippen LogP contribution in [0.4, 0.5) is 0 Å². The number of para-hydroxylation sites is 2. The summed E-state index contributed by atoms with van der Waals surface area (Å²) in [6, 6.07) is 7.81. The van der Waals surface area contributed by atoms with Crippen molar-refractivity contribution in [2.45, 2.75) is 49.4 Å². The number of hydrogen-bond donors (Lipinski definition) is 1. The van der Waals surface area contributed by atoms with Crippen LogP contribution in [0.1, 0.15) is 43.8 Å². The van der Waals surface area contributed by atoms with E-state index in [1.165, 1.54) is 32.1 Å². The highest BCUT2D eigenvalue weighted by molar-refractivity contribution is 7.98. The summed E-state index contributed by atoms with van der Waals surface area (Å²) in [5.41, 5.74) is 1.73. The zero-order chi connectivity index (χ0) is 15.5. The first-order valence-electron chi connectivity index (χ1n) is 8.25. The lowest BCUT2D eigenvalue weighted by Gasteiger charge is -2.05. The van der Waals surface area contributed by atoms with E-state index in [4.69, 9.17) is 4.42 Å². The quantitative estimate of drug-likeness (QED) is 0.681. The molecule has 6 heteroatoms. The number of rotatable bonds is 6. The van der Waals surface area contributed by atoms with Crippen molar-refractivity contribution in [2.75, 3.05) is 0 Å². The van der Waals surface area contributed by atoms with Crippen molar-refractivity contribution in [3.05, 3.63) is 36.0 Å². The second-order valence-corrected chi connectivity index (χ2v) is 7.06. The van der Waals surface area contributed by atoms with Crippen molar-refractivity contribution in [3.8, 4) is 0 Å². The second-order valence-electron chi connectivity index (χ2n) is 6.12. The van der Waals surface area contributed by atoms with Gasteiger partial charge in [0.25, 0.3) is 0 Å². The molecular formula is C17H20N4OS. The minimum Gasteiger partial charge on any atom is -0.440 e. The van der Waals surface area contributed by atoms with Gasteiger partial charge in [-0.3, -0.25) is 5.10 Å². The predicted octanol–water partition coefficient (Wildman–Crippen LogP) is 4.36. The largest absolute Gasteiger partial charge is 0.440 e. The summed E-state index contributed by atoms with van der Waals surface area (Å²) in [6.45, 7) is 0. The molecule has 1 aromatic carbocycles. The van der Waals surface area contributed by atoms with Crippen LogP contribution in [0.15, 0.2) is 33.8 Å². The number of benzene rings is 1. The Bertz CT molecular complexity index is 743. The highest BCUT2D eigenvalue weighted by atomic mass is 32.2. The molecular weight excluding hydrogens is 308 g/mol. The summed E-state index contributed by atoms with van der Waals surface area (Å²) in [6.07, 6.45) is 7.78. The summed E-state index contributed by atoms with van der Waals surface area (Å²) in [5, 5.41) is 8.12. The molecule has 0 atom stereocenters. The van der Waals surface area contributed by atoms with Crippen molar-refractivity contribution < 1.29 is 4.42 Å². The number of H-pyrrole nitrogens is 1. The molecule has 4 rings (SSSR count). The molecule has 5 nitrogen and oxygen atoms in total. The van der Waals surface area contributed by atoms with Crippen LogP contribution >= 0.6 is 11.8 Å². The number of nitrogens with zero attached hydrogens (tertiary/aromatic N) is 3. The monoisotopic (exact) mass is 328 g/mol. The molecule has 0 amide bonds. The van der Waals surface area contributed by atoms with Crippen LogP contribution in [0.25, 0.3) is 11.1 Å². The summed E-state index contributed by atoms with van der Waals surface area (Å²) < 4.78 is 5.71. The SMILES string of the molecule is c1ccc2oc(CSc3n[nH]c(CCC4CCCC4)n3)nc2c1. The Morgan fingerprint density at radius 1 is 1.17 bits per heavy atom. The number of nitrogens with one attached hydrogen (secondary N) is 1. The van der Waals surface area contributed by atoms with Crippen molar-refractivity contribution >= 4 is 22.9 Å². The van der Waals surface area contributed by atoms with E-state index in [1.54, 1.807) is 11.8 Å². The third-order valence-corrected chi connectivity index (χ3v) is 5.27. The molecule has 0 bridgehead atoms. The van der Waals surface area contributed by atoms with Gasteiger partial charge in [0.15, 0.2) is 5.58 Å². The molecule has 1 saturated carbocycles. The van der Waals surface area contributed by atoms with Gasteiger partial charge in [-0.15, -0.1) is 5.10 Å². The molecule has 0 saturated heterocycles. The Hall–Kier alpha value is -1.82. The molecule has 0 spiro atoms. The normalized spacial score (nSPS) is 15.7. The van der Waals surface area contributed by atoms with Crippen molar-refractivity contribution in [1.29, 1.82) is 0 Å². The first-order chi connectivity index (χ1) is 11.4. The van der Waals surface area contributed by atoms with Gasteiger partial charge in [-0.25, -0.2) is 9.97 Å². The van der Waals surface area contributed by atoms with Gasteiger partial charge < -0.3 is 4.42 Å². The second kappa shape index (κ2) is 6.74. The maximum Gasteiger partial charge on any atom is 0.208 e. The maximum atomic E-state index is 5.71. The highest BCUT2D eigenvalue weighted by Crippen LogP contribution is 2.28. The molecule has 0 aliphatic heterocycles. The molecule has 2 heterocycles. The van der Waals surface area contributed by atoms with Crippen LogP contribution < -0.4 is 0 Å². The minimum atomic E-state index is 0.647. The average Bonchev–Trinajstić information content (AvgIpc) is 3.30. The van der Waals surface area contributed by atoms with Crippen molar-refractivity contribution in [1.82, 2.24) is 20.2 Å². The summed E-state index contributed by atoms with van der Waals surface area (Å²) >= 11 is 1.56. The smallest absolute Gasteiger partial charge is 0.208 e. The predicted molar refractivity (Wildman–Crippen MR) is 90.2 cm³/mol. The third kappa shape index (κ3) is 3.58. The zero-order valence-electron chi connectivity index (χ0n) is 13.0. The van der Waals surface area contributed by atoms with Gasteiger partial charge in [-0.05, 0) is 24.5 Å². The first kappa shape index (κ1) is 14.8. The van der Waals surface area contributed by atoms with Crippen LogP contribution in [0.3, 0.4) is 0 Å². The lowest BCUT2D eigenvalue weighted by molar-refractivity contribution is 0.497. The van der Waals surface area contributed by atoms with E-state index in [0.717, 1.165) is 34.4 Å². The molecule has 2 aromatic heterocycles. The number of aromatic amines is 1. The van der Waals surface area contributed by atoms with E-state index in [1.807, 2.05) is 24.3 Å². The van der Waals surface area contributed by atoms with E-state index in [0.29, 0.717) is 11.6 Å². The average molecular weight is 328 g/mol. The van der Waals surface area contributed by atoms with Gasteiger partial charge in [0.05, 0.1) is 5.75 Å². The van der Waals surface area contributed by atoms with Gasteiger partial charge >= 0.3 is 0 Å². The fourth-order valence-electron chi connectivity index (χ4n) is 3.20. The molecule has 1 N–H and O–H groups in total. The summed E-state index contributed by atoms with van der Waals surface area (Å²) in [4.78, 5) is 9.04. The molecule has 1 aliphatic carbocycles. The molecule has 0 radical (unpaired) electrons. The van der Waals surface area contributed by atoms with E-state index < -0.39 is 0 Å². The van der Waals surface area contributed by atoms with Gasteiger partial charge in [0, 0.05) is 6.42 Å². The van der Waals surface area contributed by atoms with Crippen LogP contribution in [-0.4, -0.2) is 20.2 Å². The Morgan fingerprint density at radius 2 is 2.04 bits per heavy atom. The van der Waals surface area contributed by atoms with Crippen LogP contribution in [0.2, 0.25) is 0 Å². The van der Waals surface area contributed by atoms with Crippen LogP contribution in [-0.2, 0) is 12.2 Å². The third-order valence-electron chi connectivity index (χ3n) is 4.44. The Morgan fingerprint density at radius 3 is 2.91 bits per heavy atom. The minimum absolute atomic E-state index is 0.647. The molecule has 3 aromatic rings.